The van der Waals surface area contributed by atoms with Crippen LogP contribution in [0.2, 0.25) is 5.15 Å². The van der Waals surface area contributed by atoms with Crippen LogP contribution in [0.25, 0.3) is 0 Å². The van der Waals surface area contributed by atoms with Gasteiger partial charge in [-0.05, 0) is 57.2 Å². The fourth-order valence-corrected chi connectivity index (χ4v) is 3.97. The van der Waals surface area contributed by atoms with Gasteiger partial charge in [0.15, 0.2) is 0 Å². The summed E-state index contributed by atoms with van der Waals surface area (Å²) in [4.78, 5) is 4.34. The highest BCUT2D eigenvalue weighted by atomic mass is 35.5. The molecule has 4 heteroatoms. The molecule has 1 aromatic rings. The minimum absolute atomic E-state index is 0.574. The third kappa shape index (κ3) is 3.09. The second-order valence-corrected chi connectivity index (χ2v) is 6.56. The van der Waals surface area contributed by atoms with Gasteiger partial charge in [0.2, 0.25) is 0 Å². The third-order valence-corrected chi connectivity index (χ3v) is 5.04. The van der Waals surface area contributed by atoms with Crippen LogP contribution in [0.5, 0.6) is 0 Å². The predicted octanol–water partition coefficient (Wildman–Crippen LogP) is 3.77. The van der Waals surface area contributed by atoms with E-state index in [4.69, 9.17) is 11.6 Å². The molecule has 0 amide bonds. The molecule has 3 nitrogen and oxygen atoms in total. The molecule has 1 aliphatic heterocycles. The number of hydrogen-bond donors (Lipinski definition) is 2. The summed E-state index contributed by atoms with van der Waals surface area (Å²) < 4.78 is 0. The molecule has 1 saturated carbocycles. The highest BCUT2D eigenvalue weighted by molar-refractivity contribution is 6.29. The second kappa shape index (κ2) is 6.31. The first-order valence-electron chi connectivity index (χ1n) is 7.87. The Hall–Kier alpha value is -0.800. The van der Waals surface area contributed by atoms with Crippen molar-refractivity contribution in [2.45, 2.75) is 57.5 Å². The van der Waals surface area contributed by atoms with Gasteiger partial charge >= 0.3 is 0 Å². The molecule has 0 radical (unpaired) electrons. The van der Waals surface area contributed by atoms with Crippen LogP contribution in [-0.2, 0) is 0 Å². The van der Waals surface area contributed by atoms with Crippen molar-refractivity contribution in [3.63, 3.8) is 0 Å². The Labute approximate surface area is 126 Å². The molecule has 3 unspecified atom stereocenters. The topological polar surface area (TPSA) is 37.0 Å². The Morgan fingerprint density at radius 1 is 1.20 bits per heavy atom. The zero-order valence-corrected chi connectivity index (χ0v) is 12.9. The zero-order chi connectivity index (χ0) is 13.9. The number of nitrogens with one attached hydrogen (secondary N) is 2. The minimum atomic E-state index is 0.574. The van der Waals surface area contributed by atoms with E-state index in [0.29, 0.717) is 17.2 Å². The number of piperidine rings is 1. The molecular formula is C16H24ClN3. The summed E-state index contributed by atoms with van der Waals surface area (Å²) in [6.45, 7) is 3.21. The van der Waals surface area contributed by atoms with Crippen molar-refractivity contribution < 1.29 is 0 Å². The van der Waals surface area contributed by atoms with Crippen molar-refractivity contribution in [1.82, 2.24) is 10.3 Å². The molecule has 3 rings (SSSR count). The summed E-state index contributed by atoms with van der Waals surface area (Å²) in [5.74, 6) is 0.755. The summed E-state index contributed by atoms with van der Waals surface area (Å²) in [7, 11) is 0. The number of aryl methyl sites for hydroxylation is 1. The van der Waals surface area contributed by atoms with Crippen LogP contribution in [0.1, 0.15) is 44.2 Å². The lowest BCUT2D eigenvalue weighted by molar-refractivity contribution is 0.286. The number of nitrogens with zero attached hydrogens (tertiary/aromatic N) is 1. The first-order valence-corrected chi connectivity index (χ1v) is 8.25. The smallest absolute Gasteiger partial charge is 0.129 e. The molecule has 1 aromatic heterocycles. The van der Waals surface area contributed by atoms with E-state index in [9.17, 15) is 0 Å². The summed E-state index contributed by atoms with van der Waals surface area (Å²) in [6.07, 6.45) is 7.99. The molecule has 3 atom stereocenters. The largest absolute Gasteiger partial charge is 0.381 e. The summed E-state index contributed by atoms with van der Waals surface area (Å²) >= 11 is 5.94. The summed E-state index contributed by atoms with van der Waals surface area (Å²) in [5, 5.41) is 8.02. The van der Waals surface area contributed by atoms with E-state index in [1.54, 1.807) is 0 Å². The van der Waals surface area contributed by atoms with Crippen molar-refractivity contribution in [3.8, 4) is 0 Å². The molecule has 110 valence electrons. The van der Waals surface area contributed by atoms with Gasteiger partial charge in [-0.25, -0.2) is 4.98 Å². The van der Waals surface area contributed by atoms with E-state index in [1.165, 1.54) is 45.1 Å². The number of pyridine rings is 1. The first-order chi connectivity index (χ1) is 9.74. The highest BCUT2D eigenvalue weighted by Crippen LogP contribution is 2.34. The van der Waals surface area contributed by atoms with Crippen molar-refractivity contribution >= 4 is 17.3 Å². The molecule has 2 fully saturated rings. The lowest BCUT2D eigenvalue weighted by Crippen LogP contribution is -2.44. The van der Waals surface area contributed by atoms with Crippen LogP contribution < -0.4 is 10.6 Å². The number of halogens is 1. The lowest BCUT2D eigenvalue weighted by atomic mass is 9.88. The van der Waals surface area contributed by atoms with E-state index in [2.05, 4.69) is 21.7 Å². The van der Waals surface area contributed by atoms with E-state index < -0.39 is 0 Å². The minimum Gasteiger partial charge on any atom is -0.381 e. The van der Waals surface area contributed by atoms with Crippen LogP contribution in [0.3, 0.4) is 0 Å². The van der Waals surface area contributed by atoms with Crippen LogP contribution in [0, 0.1) is 12.8 Å². The number of rotatable bonds is 3. The Balaban J connectivity index is 1.68. The van der Waals surface area contributed by atoms with Gasteiger partial charge in [0.1, 0.15) is 5.15 Å². The Morgan fingerprint density at radius 2 is 2.10 bits per heavy atom. The number of anilines is 1. The van der Waals surface area contributed by atoms with E-state index in [0.717, 1.165) is 17.3 Å². The van der Waals surface area contributed by atoms with Crippen LogP contribution in [0.4, 0.5) is 5.69 Å². The molecule has 0 aromatic carbocycles. The molecule has 1 aliphatic carbocycles. The fraction of sp³-hybridized carbons (Fsp3) is 0.688. The zero-order valence-electron chi connectivity index (χ0n) is 12.2. The van der Waals surface area contributed by atoms with Gasteiger partial charge < -0.3 is 10.6 Å². The second-order valence-electron chi connectivity index (χ2n) is 6.17. The maximum absolute atomic E-state index is 5.94. The van der Waals surface area contributed by atoms with Gasteiger partial charge in [-0.15, -0.1) is 0 Å². The molecule has 2 aliphatic rings. The van der Waals surface area contributed by atoms with Gasteiger partial charge in [0.05, 0.1) is 11.4 Å². The lowest BCUT2D eigenvalue weighted by Gasteiger charge is -2.33. The van der Waals surface area contributed by atoms with Gasteiger partial charge in [-0.1, -0.05) is 24.4 Å². The van der Waals surface area contributed by atoms with Crippen molar-refractivity contribution in [2.75, 3.05) is 11.9 Å². The van der Waals surface area contributed by atoms with Crippen LogP contribution in [-0.4, -0.2) is 23.6 Å². The average Bonchev–Trinajstić information content (AvgIpc) is 2.91. The number of hydrogen-bond acceptors (Lipinski definition) is 3. The molecular weight excluding hydrogens is 270 g/mol. The van der Waals surface area contributed by atoms with Gasteiger partial charge in [-0.3, -0.25) is 0 Å². The van der Waals surface area contributed by atoms with E-state index in [-0.39, 0.29) is 0 Å². The van der Waals surface area contributed by atoms with Gasteiger partial charge in [0.25, 0.3) is 0 Å². The Kier molecular flexibility index (Phi) is 4.47. The maximum Gasteiger partial charge on any atom is 0.129 e. The van der Waals surface area contributed by atoms with Crippen molar-refractivity contribution in [1.29, 1.82) is 0 Å². The van der Waals surface area contributed by atoms with Crippen molar-refractivity contribution in [2.24, 2.45) is 5.92 Å². The van der Waals surface area contributed by atoms with Crippen molar-refractivity contribution in [3.05, 3.63) is 23.0 Å². The molecule has 0 bridgehead atoms. The standard InChI is InChI=1S/C16H24ClN3/c1-11-13(8-9-16(17)19-11)20-15-7-4-5-12(15)14-6-2-3-10-18-14/h8-9,12,14-15,18,20H,2-7,10H2,1H3. The van der Waals surface area contributed by atoms with Crippen LogP contribution >= 0.6 is 11.6 Å². The Morgan fingerprint density at radius 3 is 2.85 bits per heavy atom. The monoisotopic (exact) mass is 293 g/mol. The van der Waals surface area contributed by atoms with E-state index in [1.807, 2.05) is 13.0 Å². The third-order valence-electron chi connectivity index (χ3n) is 4.83. The molecule has 0 spiro atoms. The summed E-state index contributed by atoms with van der Waals surface area (Å²) in [5.41, 5.74) is 2.14. The summed E-state index contributed by atoms with van der Waals surface area (Å²) in [6, 6.07) is 5.21. The maximum atomic E-state index is 5.94. The number of aromatic nitrogens is 1. The van der Waals surface area contributed by atoms with E-state index >= 15 is 0 Å². The molecule has 2 N–H and O–H groups in total. The fourth-order valence-electron chi connectivity index (χ4n) is 3.78. The normalized spacial score (nSPS) is 30.4. The Bertz CT molecular complexity index is 457. The van der Waals surface area contributed by atoms with Gasteiger partial charge in [0, 0.05) is 12.1 Å². The highest BCUT2D eigenvalue weighted by Gasteiger charge is 2.34. The SMILES string of the molecule is Cc1nc(Cl)ccc1NC1CCCC1C1CCCCN1. The molecule has 1 saturated heterocycles. The predicted molar refractivity (Wildman–Crippen MR) is 84.4 cm³/mol. The average molecular weight is 294 g/mol. The van der Waals surface area contributed by atoms with Gasteiger partial charge in [-0.2, -0.15) is 0 Å². The van der Waals surface area contributed by atoms with Crippen LogP contribution in [0.15, 0.2) is 12.1 Å². The quantitative estimate of drug-likeness (QED) is 0.833. The first kappa shape index (κ1) is 14.2. The molecule has 20 heavy (non-hydrogen) atoms. The molecule has 2 heterocycles.